The van der Waals surface area contributed by atoms with E-state index in [0.717, 1.165) is 13.0 Å². The molecular weight excluding hydrogens is 198 g/mol. The van der Waals surface area contributed by atoms with Crippen LogP contribution in [0.15, 0.2) is 24.3 Å². The summed E-state index contributed by atoms with van der Waals surface area (Å²) in [7, 11) is 0. The standard InChI is InChI=1S/C14H23NO/c1-4-5-12-6-8-13(9-7-12)14(2,3)10-15-11-16/h6-9,15-16H,4-5,10-11H2,1-3H3. The molecule has 0 bridgehead atoms. The highest BCUT2D eigenvalue weighted by molar-refractivity contribution is 5.28. The molecule has 1 aromatic carbocycles. The summed E-state index contributed by atoms with van der Waals surface area (Å²) >= 11 is 0. The van der Waals surface area contributed by atoms with Gasteiger partial charge in [0, 0.05) is 12.0 Å². The number of hydrogen-bond donors (Lipinski definition) is 2. The third kappa shape index (κ3) is 3.62. The van der Waals surface area contributed by atoms with Crippen molar-refractivity contribution in [2.75, 3.05) is 13.3 Å². The second kappa shape index (κ2) is 6.02. The largest absolute Gasteiger partial charge is 0.381 e. The Bertz CT molecular complexity index is 303. The first-order valence-electron chi connectivity index (χ1n) is 6.01. The third-order valence-corrected chi connectivity index (χ3v) is 2.95. The van der Waals surface area contributed by atoms with E-state index in [1.807, 2.05) is 0 Å². The monoisotopic (exact) mass is 221 g/mol. The summed E-state index contributed by atoms with van der Waals surface area (Å²) in [5.74, 6) is 0. The normalized spacial score (nSPS) is 11.8. The first-order chi connectivity index (χ1) is 7.60. The van der Waals surface area contributed by atoms with Crippen LogP contribution in [0.4, 0.5) is 0 Å². The Morgan fingerprint density at radius 1 is 1.19 bits per heavy atom. The lowest BCUT2D eigenvalue weighted by Gasteiger charge is -2.25. The van der Waals surface area contributed by atoms with E-state index in [1.54, 1.807) is 0 Å². The van der Waals surface area contributed by atoms with E-state index in [9.17, 15) is 0 Å². The minimum Gasteiger partial charge on any atom is -0.381 e. The van der Waals surface area contributed by atoms with Gasteiger partial charge in [0.2, 0.25) is 0 Å². The van der Waals surface area contributed by atoms with E-state index < -0.39 is 0 Å². The summed E-state index contributed by atoms with van der Waals surface area (Å²) in [6, 6.07) is 8.81. The smallest absolute Gasteiger partial charge is 0.0931 e. The van der Waals surface area contributed by atoms with Gasteiger partial charge in [-0.2, -0.15) is 0 Å². The van der Waals surface area contributed by atoms with Crippen molar-refractivity contribution in [2.45, 2.75) is 39.0 Å². The number of nitrogens with one attached hydrogen (secondary N) is 1. The molecule has 0 atom stereocenters. The SMILES string of the molecule is CCCc1ccc(C(C)(C)CNCO)cc1. The molecule has 0 aliphatic rings. The summed E-state index contributed by atoms with van der Waals surface area (Å²) in [6.45, 7) is 7.39. The van der Waals surface area contributed by atoms with E-state index in [-0.39, 0.29) is 12.1 Å². The van der Waals surface area contributed by atoms with Crippen molar-refractivity contribution in [2.24, 2.45) is 0 Å². The number of aliphatic hydroxyl groups is 1. The van der Waals surface area contributed by atoms with Gasteiger partial charge < -0.3 is 5.11 Å². The molecule has 0 fully saturated rings. The van der Waals surface area contributed by atoms with Crippen molar-refractivity contribution in [3.63, 3.8) is 0 Å². The van der Waals surface area contributed by atoms with Crippen LogP contribution in [0.3, 0.4) is 0 Å². The first kappa shape index (κ1) is 13.2. The summed E-state index contributed by atoms with van der Waals surface area (Å²) < 4.78 is 0. The molecule has 0 amide bonds. The van der Waals surface area contributed by atoms with Crippen LogP contribution in [0.1, 0.15) is 38.3 Å². The minimum absolute atomic E-state index is 0.0390. The van der Waals surface area contributed by atoms with Crippen LogP contribution < -0.4 is 5.32 Å². The lowest BCUT2D eigenvalue weighted by atomic mass is 9.84. The average Bonchev–Trinajstić information content (AvgIpc) is 2.28. The lowest BCUT2D eigenvalue weighted by molar-refractivity contribution is 0.247. The molecule has 0 aromatic heterocycles. The molecule has 0 saturated heterocycles. The molecule has 90 valence electrons. The van der Waals surface area contributed by atoms with Gasteiger partial charge in [-0.1, -0.05) is 51.5 Å². The number of aliphatic hydroxyl groups excluding tert-OH is 1. The lowest BCUT2D eigenvalue weighted by Crippen LogP contribution is -2.33. The molecule has 2 N–H and O–H groups in total. The van der Waals surface area contributed by atoms with Crippen LogP contribution in [0.2, 0.25) is 0 Å². The number of rotatable bonds is 6. The van der Waals surface area contributed by atoms with Gasteiger partial charge in [0.05, 0.1) is 6.73 Å². The first-order valence-corrected chi connectivity index (χ1v) is 6.01. The molecule has 0 spiro atoms. The van der Waals surface area contributed by atoms with Crippen molar-refractivity contribution in [3.8, 4) is 0 Å². The molecule has 0 saturated carbocycles. The van der Waals surface area contributed by atoms with Crippen LogP contribution in [-0.4, -0.2) is 18.4 Å². The fourth-order valence-corrected chi connectivity index (χ4v) is 1.88. The topological polar surface area (TPSA) is 32.3 Å². The zero-order chi connectivity index (χ0) is 12.0. The molecule has 1 rings (SSSR count). The number of aryl methyl sites for hydroxylation is 1. The highest BCUT2D eigenvalue weighted by atomic mass is 16.3. The molecule has 0 heterocycles. The van der Waals surface area contributed by atoms with Crippen LogP contribution in [0, 0.1) is 0 Å². The number of hydrogen-bond acceptors (Lipinski definition) is 2. The van der Waals surface area contributed by atoms with Gasteiger partial charge in [-0.05, 0) is 17.5 Å². The zero-order valence-corrected chi connectivity index (χ0v) is 10.6. The van der Waals surface area contributed by atoms with Gasteiger partial charge >= 0.3 is 0 Å². The molecule has 2 heteroatoms. The van der Waals surface area contributed by atoms with Gasteiger partial charge in [-0.15, -0.1) is 0 Å². The maximum atomic E-state index is 8.78. The Hall–Kier alpha value is -0.860. The van der Waals surface area contributed by atoms with E-state index >= 15 is 0 Å². The molecular formula is C14H23NO. The molecule has 0 aliphatic carbocycles. The Morgan fingerprint density at radius 2 is 1.81 bits per heavy atom. The third-order valence-electron chi connectivity index (χ3n) is 2.95. The Kier molecular flexibility index (Phi) is 4.97. The van der Waals surface area contributed by atoms with Gasteiger partial charge in [0.15, 0.2) is 0 Å². The highest BCUT2D eigenvalue weighted by Gasteiger charge is 2.19. The predicted molar refractivity (Wildman–Crippen MR) is 68.6 cm³/mol. The van der Waals surface area contributed by atoms with Gasteiger partial charge in [-0.25, -0.2) is 0 Å². The Labute approximate surface area is 98.7 Å². The van der Waals surface area contributed by atoms with Crippen molar-refractivity contribution in [3.05, 3.63) is 35.4 Å². The predicted octanol–water partition coefficient (Wildman–Crippen LogP) is 2.46. The number of benzene rings is 1. The molecule has 0 aliphatic heterocycles. The van der Waals surface area contributed by atoms with Gasteiger partial charge in [0.1, 0.15) is 0 Å². The van der Waals surface area contributed by atoms with Crippen molar-refractivity contribution < 1.29 is 5.11 Å². The second-order valence-electron chi connectivity index (χ2n) is 4.92. The summed E-state index contributed by atoms with van der Waals surface area (Å²) in [6.07, 6.45) is 2.34. The molecule has 0 unspecified atom stereocenters. The van der Waals surface area contributed by atoms with Crippen LogP contribution >= 0.6 is 0 Å². The maximum Gasteiger partial charge on any atom is 0.0931 e. The van der Waals surface area contributed by atoms with E-state index in [1.165, 1.54) is 17.5 Å². The van der Waals surface area contributed by atoms with Crippen LogP contribution in [0.5, 0.6) is 0 Å². The van der Waals surface area contributed by atoms with Crippen molar-refractivity contribution >= 4 is 0 Å². The van der Waals surface area contributed by atoms with Crippen molar-refractivity contribution in [1.29, 1.82) is 0 Å². The van der Waals surface area contributed by atoms with Crippen molar-refractivity contribution in [1.82, 2.24) is 5.32 Å². The van der Waals surface area contributed by atoms with E-state index in [2.05, 4.69) is 50.4 Å². The van der Waals surface area contributed by atoms with Gasteiger partial charge in [0.25, 0.3) is 0 Å². The fourth-order valence-electron chi connectivity index (χ4n) is 1.88. The summed E-state index contributed by atoms with van der Waals surface area (Å²) in [5.41, 5.74) is 2.78. The Morgan fingerprint density at radius 3 is 2.31 bits per heavy atom. The molecule has 2 nitrogen and oxygen atoms in total. The summed E-state index contributed by atoms with van der Waals surface area (Å²) in [4.78, 5) is 0. The molecule has 0 radical (unpaired) electrons. The van der Waals surface area contributed by atoms with Crippen LogP contribution in [0.25, 0.3) is 0 Å². The molecule has 16 heavy (non-hydrogen) atoms. The summed E-state index contributed by atoms with van der Waals surface area (Å²) in [5, 5.41) is 11.8. The highest BCUT2D eigenvalue weighted by Crippen LogP contribution is 2.22. The van der Waals surface area contributed by atoms with Crippen LogP contribution in [-0.2, 0) is 11.8 Å². The van der Waals surface area contributed by atoms with E-state index in [4.69, 9.17) is 5.11 Å². The second-order valence-corrected chi connectivity index (χ2v) is 4.92. The van der Waals surface area contributed by atoms with E-state index in [0.29, 0.717) is 0 Å². The zero-order valence-electron chi connectivity index (χ0n) is 10.6. The fraction of sp³-hybridized carbons (Fsp3) is 0.571. The Balaban J connectivity index is 2.71. The molecule has 1 aromatic rings. The average molecular weight is 221 g/mol. The quantitative estimate of drug-likeness (QED) is 0.723. The maximum absolute atomic E-state index is 8.78. The minimum atomic E-state index is 0.0390. The van der Waals surface area contributed by atoms with Gasteiger partial charge in [-0.3, -0.25) is 5.32 Å².